The summed E-state index contributed by atoms with van der Waals surface area (Å²) >= 11 is 0. The van der Waals surface area contributed by atoms with E-state index in [-0.39, 0.29) is 11.9 Å². The highest BCUT2D eigenvalue weighted by molar-refractivity contribution is 5.81. The van der Waals surface area contributed by atoms with Gasteiger partial charge < -0.3 is 10.1 Å². The van der Waals surface area contributed by atoms with Gasteiger partial charge in [-0.25, -0.2) is 0 Å². The van der Waals surface area contributed by atoms with Crippen LogP contribution in [0.4, 0.5) is 0 Å². The van der Waals surface area contributed by atoms with E-state index in [0.717, 1.165) is 22.4 Å². The highest BCUT2D eigenvalue weighted by Gasteiger charge is 2.22. The Morgan fingerprint density at radius 1 is 1.00 bits per heavy atom. The molecule has 0 aliphatic carbocycles. The first-order valence-corrected chi connectivity index (χ1v) is 9.35. The number of rotatable bonds is 6. The quantitative estimate of drug-likeness (QED) is 0.769. The van der Waals surface area contributed by atoms with Crippen molar-refractivity contribution in [2.45, 2.75) is 67.0 Å². The predicted molar refractivity (Wildman–Crippen MR) is 108 cm³/mol. The summed E-state index contributed by atoms with van der Waals surface area (Å²) < 4.78 is 6.03. The van der Waals surface area contributed by atoms with Crippen molar-refractivity contribution >= 4 is 5.91 Å². The molecule has 0 saturated carbocycles. The van der Waals surface area contributed by atoms with E-state index in [9.17, 15) is 4.79 Å². The number of amides is 1. The molecule has 0 unspecified atom stereocenters. The Morgan fingerprint density at radius 3 is 2.31 bits per heavy atom. The van der Waals surface area contributed by atoms with Crippen molar-refractivity contribution in [3.05, 3.63) is 63.7 Å². The van der Waals surface area contributed by atoms with E-state index in [1.807, 2.05) is 45.9 Å². The average molecular weight is 354 g/mol. The van der Waals surface area contributed by atoms with Crippen molar-refractivity contribution in [2.24, 2.45) is 0 Å². The molecule has 0 aliphatic heterocycles. The largest absolute Gasteiger partial charge is 0.480 e. The summed E-state index contributed by atoms with van der Waals surface area (Å²) in [5, 5.41) is 3.13. The van der Waals surface area contributed by atoms with Crippen LogP contribution in [0.25, 0.3) is 0 Å². The second-order valence-corrected chi connectivity index (χ2v) is 7.24. The van der Waals surface area contributed by atoms with E-state index in [1.54, 1.807) is 0 Å². The summed E-state index contributed by atoms with van der Waals surface area (Å²) in [6, 6.07) is 10.2. The summed E-state index contributed by atoms with van der Waals surface area (Å²) in [4.78, 5) is 12.8. The van der Waals surface area contributed by atoms with E-state index in [0.29, 0.717) is 6.42 Å². The topological polar surface area (TPSA) is 38.3 Å². The highest BCUT2D eigenvalue weighted by Crippen LogP contribution is 2.24. The fraction of sp³-hybridized carbons (Fsp3) is 0.435. The van der Waals surface area contributed by atoms with Crippen LogP contribution in [0.15, 0.2) is 30.3 Å². The van der Waals surface area contributed by atoms with Crippen LogP contribution in [0.1, 0.15) is 59.7 Å². The van der Waals surface area contributed by atoms with Crippen LogP contribution in [0, 0.1) is 34.6 Å². The lowest BCUT2D eigenvalue weighted by molar-refractivity contribution is -0.128. The standard InChI is InChI=1S/C23H31NO2/c1-8-21(26-22-11-9-10-14(2)18(22)6)23(25)24-19(7)20-13-16(4)15(3)12-17(20)5/h9-13,19,21H,8H2,1-7H3,(H,24,25)/t19-,21+/m1/s1. The predicted octanol–water partition coefficient (Wildman–Crippen LogP) is 5.26. The third-order valence-corrected chi connectivity index (χ3v) is 5.20. The van der Waals surface area contributed by atoms with Gasteiger partial charge in [0.15, 0.2) is 6.10 Å². The minimum atomic E-state index is -0.496. The Hall–Kier alpha value is -2.29. The molecule has 0 bridgehead atoms. The van der Waals surface area contributed by atoms with Gasteiger partial charge in [0.1, 0.15) is 5.75 Å². The lowest BCUT2D eigenvalue weighted by atomic mass is 9.96. The van der Waals surface area contributed by atoms with Crippen molar-refractivity contribution in [1.82, 2.24) is 5.32 Å². The molecule has 1 N–H and O–H groups in total. The molecular formula is C23H31NO2. The highest BCUT2D eigenvalue weighted by atomic mass is 16.5. The van der Waals surface area contributed by atoms with Crippen molar-refractivity contribution in [3.63, 3.8) is 0 Å². The van der Waals surface area contributed by atoms with Crippen LogP contribution < -0.4 is 10.1 Å². The summed E-state index contributed by atoms with van der Waals surface area (Å²) in [6.45, 7) is 14.4. The van der Waals surface area contributed by atoms with Gasteiger partial charge in [-0.05, 0) is 87.4 Å². The second-order valence-electron chi connectivity index (χ2n) is 7.24. The molecule has 0 spiro atoms. The Labute approximate surface area is 157 Å². The van der Waals surface area contributed by atoms with E-state index in [1.165, 1.54) is 16.7 Å². The van der Waals surface area contributed by atoms with Gasteiger partial charge in [-0.1, -0.05) is 31.2 Å². The summed E-state index contributed by atoms with van der Waals surface area (Å²) in [6.07, 6.45) is 0.127. The van der Waals surface area contributed by atoms with Crippen LogP contribution in [0.5, 0.6) is 5.75 Å². The fourth-order valence-corrected chi connectivity index (χ4v) is 3.16. The van der Waals surface area contributed by atoms with Gasteiger partial charge in [0.2, 0.25) is 0 Å². The maximum absolute atomic E-state index is 12.8. The molecule has 26 heavy (non-hydrogen) atoms. The van der Waals surface area contributed by atoms with Gasteiger partial charge in [0.05, 0.1) is 6.04 Å². The van der Waals surface area contributed by atoms with E-state index in [2.05, 4.69) is 38.2 Å². The molecule has 2 rings (SSSR count). The summed E-state index contributed by atoms with van der Waals surface area (Å²) in [5.41, 5.74) is 7.11. The molecule has 2 atom stereocenters. The van der Waals surface area contributed by atoms with Crippen LogP contribution >= 0.6 is 0 Å². The number of carbonyl (C=O) groups is 1. The van der Waals surface area contributed by atoms with Gasteiger partial charge in [-0.3, -0.25) is 4.79 Å². The van der Waals surface area contributed by atoms with Gasteiger partial charge >= 0.3 is 0 Å². The zero-order valence-corrected chi connectivity index (χ0v) is 17.1. The SMILES string of the molecule is CC[C@H](Oc1cccc(C)c1C)C(=O)N[C@H](C)c1cc(C)c(C)cc1C. The zero-order valence-electron chi connectivity index (χ0n) is 17.1. The normalized spacial score (nSPS) is 13.2. The number of nitrogens with one attached hydrogen (secondary N) is 1. The van der Waals surface area contributed by atoms with E-state index >= 15 is 0 Å². The number of benzene rings is 2. The van der Waals surface area contributed by atoms with Gasteiger partial charge in [0, 0.05) is 0 Å². The molecule has 140 valence electrons. The van der Waals surface area contributed by atoms with Gasteiger partial charge in [0.25, 0.3) is 5.91 Å². The van der Waals surface area contributed by atoms with Crippen molar-refractivity contribution in [1.29, 1.82) is 0 Å². The third kappa shape index (κ3) is 4.46. The molecule has 1 amide bonds. The molecule has 0 heterocycles. The summed E-state index contributed by atoms with van der Waals surface area (Å²) in [7, 11) is 0. The molecule has 0 aliphatic rings. The van der Waals surface area contributed by atoms with E-state index < -0.39 is 6.10 Å². The maximum atomic E-state index is 12.8. The van der Waals surface area contributed by atoms with Crippen molar-refractivity contribution in [2.75, 3.05) is 0 Å². The van der Waals surface area contributed by atoms with Gasteiger partial charge in [-0.15, -0.1) is 0 Å². The Kier molecular flexibility index (Phi) is 6.47. The Morgan fingerprint density at radius 2 is 1.65 bits per heavy atom. The van der Waals surface area contributed by atoms with Gasteiger partial charge in [-0.2, -0.15) is 0 Å². The number of hydrogen-bond acceptors (Lipinski definition) is 2. The molecule has 2 aromatic rings. The second kappa shape index (κ2) is 8.39. The summed E-state index contributed by atoms with van der Waals surface area (Å²) in [5.74, 6) is 0.709. The van der Waals surface area contributed by atoms with Crippen LogP contribution in [-0.4, -0.2) is 12.0 Å². The molecule has 2 aromatic carbocycles. The number of aryl methyl sites for hydroxylation is 4. The Bertz CT molecular complexity index is 795. The monoisotopic (exact) mass is 353 g/mol. The van der Waals surface area contributed by atoms with Crippen molar-refractivity contribution in [3.8, 4) is 5.75 Å². The minimum Gasteiger partial charge on any atom is -0.480 e. The van der Waals surface area contributed by atoms with Crippen molar-refractivity contribution < 1.29 is 9.53 Å². The molecule has 3 heteroatoms. The zero-order chi connectivity index (χ0) is 19.4. The molecule has 0 aromatic heterocycles. The maximum Gasteiger partial charge on any atom is 0.261 e. The van der Waals surface area contributed by atoms with E-state index in [4.69, 9.17) is 4.74 Å². The molecular weight excluding hydrogens is 322 g/mol. The first-order chi connectivity index (χ1) is 12.2. The number of hydrogen-bond donors (Lipinski definition) is 1. The third-order valence-electron chi connectivity index (χ3n) is 5.20. The fourth-order valence-electron chi connectivity index (χ4n) is 3.16. The number of carbonyl (C=O) groups excluding carboxylic acids is 1. The lowest BCUT2D eigenvalue weighted by Crippen LogP contribution is -2.39. The first-order valence-electron chi connectivity index (χ1n) is 9.35. The smallest absolute Gasteiger partial charge is 0.261 e. The van der Waals surface area contributed by atoms with Crippen LogP contribution in [0.3, 0.4) is 0 Å². The molecule has 0 fully saturated rings. The lowest BCUT2D eigenvalue weighted by Gasteiger charge is -2.23. The molecule has 3 nitrogen and oxygen atoms in total. The van der Waals surface area contributed by atoms with Crippen LogP contribution in [-0.2, 0) is 4.79 Å². The van der Waals surface area contributed by atoms with Crippen LogP contribution in [0.2, 0.25) is 0 Å². The first kappa shape index (κ1) is 20.0. The average Bonchev–Trinajstić information content (AvgIpc) is 2.59. The molecule has 0 saturated heterocycles. The Balaban J connectivity index is 2.14. The minimum absolute atomic E-state index is 0.0574. The number of ether oxygens (including phenoxy) is 1. The molecule has 0 radical (unpaired) electrons.